The molecule has 0 amide bonds. The van der Waals surface area contributed by atoms with Crippen molar-refractivity contribution in [2.45, 2.75) is 18.8 Å². The molecule has 0 spiro atoms. The Morgan fingerprint density at radius 2 is 2.00 bits per heavy atom. The van der Waals surface area contributed by atoms with Gasteiger partial charge >= 0.3 is 0 Å². The van der Waals surface area contributed by atoms with Crippen molar-refractivity contribution in [2.75, 3.05) is 26.4 Å². The zero-order valence-electron chi connectivity index (χ0n) is 10.1. The average molecular weight is 251 g/mol. The van der Waals surface area contributed by atoms with Crippen molar-refractivity contribution in [3.8, 4) is 11.5 Å². The van der Waals surface area contributed by atoms with Gasteiger partial charge in [0.05, 0.1) is 25.9 Å². The zero-order chi connectivity index (χ0) is 12.4. The monoisotopic (exact) mass is 251 g/mol. The first kappa shape index (κ1) is 11.8. The van der Waals surface area contributed by atoms with Crippen LogP contribution in [0, 0.1) is 0 Å². The van der Waals surface area contributed by atoms with E-state index < -0.39 is 0 Å². The standard InChI is InChI=1S/C13H17NO4/c14-7-10-8-17-13(18-10)9-2-3-11-12(6-9)16-5-1-4-15-11/h2-3,6,10,13H,1,4-5,7-8,14H2. The Morgan fingerprint density at radius 3 is 2.78 bits per heavy atom. The highest BCUT2D eigenvalue weighted by molar-refractivity contribution is 5.43. The van der Waals surface area contributed by atoms with Crippen molar-refractivity contribution in [3.05, 3.63) is 23.8 Å². The van der Waals surface area contributed by atoms with Gasteiger partial charge in [-0.25, -0.2) is 0 Å². The summed E-state index contributed by atoms with van der Waals surface area (Å²) in [6.07, 6.45) is 0.525. The van der Waals surface area contributed by atoms with E-state index in [1.165, 1.54) is 0 Å². The molecule has 3 rings (SSSR count). The van der Waals surface area contributed by atoms with Crippen molar-refractivity contribution >= 4 is 0 Å². The van der Waals surface area contributed by atoms with Gasteiger partial charge in [-0.05, 0) is 12.1 Å². The van der Waals surface area contributed by atoms with Gasteiger partial charge in [-0.15, -0.1) is 0 Å². The molecule has 1 aromatic carbocycles. The second-order valence-corrected chi connectivity index (χ2v) is 4.42. The fourth-order valence-electron chi connectivity index (χ4n) is 2.07. The smallest absolute Gasteiger partial charge is 0.184 e. The maximum atomic E-state index is 5.68. The first-order valence-corrected chi connectivity index (χ1v) is 6.23. The van der Waals surface area contributed by atoms with Crippen LogP contribution in [0.4, 0.5) is 0 Å². The van der Waals surface area contributed by atoms with E-state index in [0.29, 0.717) is 26.4 Å². The van der Waals surface area contributed by atoms with E-state index in [2.05, 4.69) is 0 Å². The SMILES string of the molecule is NCC1COC(c2ccc3c(c2)OCCCO3)O1. The molecule has 18 heavy (non-hydrogen) atoms. The molecule has 5 nitrogen and oxygen atoms in total. The Morgan fingerprint density at radius 1 is 1.17 bits per heavy atom. The molecule has 0 radical (unpaired) electrons. The molecule has 1 fully saturated rings. The largest absolute Gasteiger partial charge is 0.490 e. The maximum absolute atomic E-state index is 5.68. The summed E-state index contributed by atoms with van der Waals surface area (Å²) in [5, 5.41) is 0. The van der Waals surface area contributed by atoms with Crippen LogP contribution in [0.3, 0.4) is 0 Å². The topological polar surface area (TPSA) is 62.9 Å². The Bertz CT molecular complexity index is 423. The summed E-state index contributed by atoms with van der Waals surface area (Å²) < 4.78 is 22.5. The summed E-state index contributed by atoms with van der Waals surface area (Å²) in [5.74, 6) is 1.54. The van der Waals surface area contributed by atoms with Crippen molar-refractivity contribution in [1.29, 1.82) is 0 Å². The molecule has 2 aliphatic rings. The van der Waals surface area contributed by atoms with Gasteiger partial charge in [-0.1, -0.05) is 6.07 Å². The summed E-state index contributed by atoms with van der Waals surface area (Å²) in [6, 6.07) is 5.76. The highest BCUT2D eigenvalue weighted by Gasteiger charge is 2.27. The van der Waals surface area contributed by atoms with Crippen molar-refractivity contribution in [3.63, 3.8) is 0 Å². The highest BCUT2D eigenvalue weighted by Crippen LogP contribution is 2.35. The van der Waals surface area contributed by atoms with Gasteiger partial charge in [0.1, 0.15) is 0 Å². The molecule has 0 bridgehead atoms. The first-order chi connectivity index (χ1) is 8.86. The summed E-state index contributed by atoms with van der Waals surface area (Å²) in [5.41, 5.74) is 6.50. The number of hydrogen-bond donors (Lipinski definition) is 1. The van der Waals surface area contributed by atoms with Crippen molar-refractivity contribution in [1.82, 2.24) is 0 Å². The second kappa shape index (κ2) is 5.14. The molecule has 2 heterocycles. The number of benzene rings is 1. The third kappa shape index (κ3) is 2.29. The minimum atomic E-state index is -0.351. The van der Waals surface area contributed by atoms with Gasteiger partial charge < -0.3 is 24.7 Å². The number of hydrogen-bond acceptors (Lipinski definition) is 5. The second-order valence-electron chi connectivity index (χ2n) is 4.42. The summed E-state index contributed by atoms with van der Waals surface area (Å²) in [4.78, 5) is 0. The quantitative estimate of drug-likeness (QED) is 0.856. The van der Waals surface area contributed by atoms with Gasteiger partial charge in [-0.2, -0.15) is 0 Å². The van der Waals surface area contributed by atoms with Gasteiger partial charge in [-0.3, -0.25) is 0 Å². The molecule has 98 valence electrons. The minimum Gasteiger partial charge on any atom is -0.490 e. The Balaban J connectivity index is 1.79. The van der Waals surface area contributed by atoms with Crippen LogP contribution in [0.2, 0.25) is 0 Å². The lowest BCUT2D eigenvalue weighted by Gasteiger charge is -2.13. The lowest BCUT2D eigenvalue weighted by atomic mass is 10.2. The Labute approximate surface area is 106 Å². The zero-order valence-corrected chi connectivity index (χ0v) is 10.1. The van der Waals surface area contributed by atoms with Gasteiger partial charge in [0.25, 0.3) is 0 Å². The van der Waals surface area contributed by atoms with Gasteiger partial charge in [0.2, 0.25) is 0 Å². The van der Waals surface area contributed by atoms with Crippen LogP contribution >= 0.6 is 0 Å². The van der Waals surface area contributed by atoms with E-state index in [9.17, 15) is 0 Å². The number of rotatable bonds is 2. The summed E-state index contributed by atoms with van der Waals surface area (Å²) in [6.45, 7) is 2.38. The molecule has 2 atom stereocenters. The number of nitrogens with two attached hydrogens (primary N) is 1. The Hall–Kier alpha value is -1.30. The molecule has 5 heteroatoms. The number of fused-ring (bicyclic) bond motifs is 1. The fraction of sp³-hybridized carbons (Fsp3) is 0.538. The lowest BCUT2D eigenvalue weighted by Crippen LogP contribution is -2.21. The predicted octanol–water partition coefficient (Wildman–Crippen LogP) is 1.22. The van der Waals surface area contributed by atoms with E-state index in [0.717, 1.165) is 23.5 Å². The van der Waals surface area contributed by atoms with Crippen LogP contribution in [0.1, 0.15) is 18.3 Å². The van der Waals surface area contributed by atoms with Gasteiger partial charge in [0, 0.05) is 18.5 Å². The van der Waals surface area contributed by atoms with Crippen LogP contribution in [0.25, 0.3) is 0 Å². The van der Waals surface area contributed by atoms with Crippen LogP contribution in [-0.4, -0.2) is 32.5 Å². The fourth-order valence-corrected chi connectivity index (χ4v) is 2.07. The third-order valence-corrected chi connectivity index (χ3v) is 3.06. The van der Waals surface area contributed by atoms with E-state index in [-0.39, 0.29) is 12.4 Å². The summed E-state index contributed by atoms with van der Waals surface area (Å²) in [7, 11) is 0. The van der Waals surface area contributed by atoms with Crippen LogP contribution in [0.5, 0.6) is 11.5 Å². The molecular formula is C13H17NO4. The maximum Gasteiger partial charge on any atom is 0.184 e. The third-order valence-electron chi connectivity index (χ3n) is 3.06. The van der Waals surface area contributed by atoms with Crippen LogP contribution in [-0.2, 0) is 9.47 Å². The highest BCUT2D eigenvalue weighted by atomic mass is 16.7. The normalized spacial score (nSPS) is 26.9. The molecule has 1 saturated heterocycles. The Kier molecular flexibility index (Phi) is 3.36. The molecular weight excluding hydrogens is 234 g/mol. The van der Waals surface area contributed by atoms with E-state index in [4.69, 9.17) is 24.7 Å². The average Bonchev–Trinajstić information content (AvgIpc) is 2.76. The molecule has 2 unspecified atom stereocenters. The van der Waals surface area contributed by atoms with Crippen molar-refractivity contribution < 1.29 is 18.9 Å². The molecule has 0 aliphatic carbocycles. The number of ether oxygens (including phenoxy) is 4. The predicted molar refractivity (Wildman–Crippen MR) is 64.7 cm³/mol. The van der Waals surface area contributed by atoms with E-state index in [1.54, 1.807) is 0 Å². The minimum absolute atomic E-state index is 0.0222. The van der Waals surface area contributed by atoms with Crippen LogP contribution in [0.15, 0.2) is 18.2 Å². The summed E-state index contributed by atoms with van der Waals surface area (Å²) >= 11 is 0. The molecule has 2 N–H and O–H groups in total. The molecule has 0 saturated carbocycles. The molecule has 1 aromatic rings. The first-order valence-electron chi connectivity index (χ1n) is 6.23. The lowest BCUT2D eigenvalue weighted by molar-refractivity contribution is -0.0586. The van der Waals surface area contributed by atoms with Crippen LogP contribution < -0.4 is 15.2 Å². The van der Waals surface area contributed by atoms with Crippen molar-refractivity contribution in [2.24, 2.45) is 5.73 Å². The molecule has 0 aromatic heterocycles. The van der Waals surface area contributed by atoms with E-state index in [1.807, 2.05) is 18.2 Å². The van der Waals surface area contributed by atoms with E-state index >= 15 is 0 Å². The molecule has 2 aliphatic heterocycles. The van der Waals surface area contributed by atoms with Gasteiger partial charge in [0.15, 0.2) is 17.8 Å².